The number of halogens is 3. The summed E-state index contributed by atoms with van der Waals surface area (Å²) in [5.41, 5.74) is 2.71. The average Bonchev–Trinajstić information content (AvgIpc) is 3.18. The molecule has 4 nitrogen and oxygen atoms in total. The van der Waals surface area contributed by atoms with Crippen molar-refractivity contribution in [2.75, 3.05) is 6.61 Å². The maximum atomic E-state index is 12.8. The topological polar surface area (TPSA) is 48.2 Å². The van der Waals surface area contributed by atoms with Crippen molar-refractivity contribution in [1.29, 1.82) is 0 Å². The summed E-state index contributed by atoms with van der Waals surface area (Å²) in [6.45, 7) is 4.58. The molecule has 0 bridgehead atoms. The first-order valence-electron chi connectivity index (χ1n) is 9.63. The second-order valence-corrected chi connectivity index (χ2v) is 7.92. The van der Waals surface area contributed by atoms with Gasteiger partial charge in [0.2, 0.25) is 11.6 Å². The molecule has 4 rings (SSSR count). The Morgan fingerprint density at radius 2 is 1.84 bits per heavy atom. The van der Waals surface area contributed by atoms with E-state index in [0.29, 0.717) is 29.2 Å². The molecule has 4 aromatic rings. The summed E-state index contributed by atoms with van der Waals surface area (Å²) < 4.78 is 49.7. The van der Waals surface area contributed by atoms with Gasteiger partial charge in [0.05, 0.1) is 12.2 Å². The maximum Gasteiger partial charge on any atom is 0.416 e. The molecule has 0 aliphatic heterocycles. The lowest BCUT2D eigenvalue weighted by molar-refractivity contribution is -0.137. The molecule has 0 atom stereocenters. The van der Waals surface area contributed by atoms with E-state index in [9.17, 15) is 13.2 Å². The van der Waals surface area contributed by atoms with Crippen LogP contribution in [0.3, 0.4) is 0 Å². The first-order valence-corrected chi connectivity index (χ1v) is 10.6. The van der Waals surface area contributed by atoms with Gasteiger partial charge in [-0.15, -0.1) is 11.8 Å². The van der Waals surface area contributed by atoms with Crippen LogP contribution in [0.15, 0.2) is 64.0 Å². The van der Waals surface area contributed by atoms with Gasteiger partial charge in [0, 0.05) is 22.4 Å². The quantitative estimate of drug-likeness (QED) is 0.303. The van der Waals surface area contributed by atoms with Crippen molar-refractivity contribution in [2.24, 2.45) is 0 Å². The normalized spacial score (nSPS) is 11.8. The number of alkyl halides is 3. The highest BCUT2D eigenvalue weighted by atomic mass is 32.2. The second-order valence-electron chi connectivity index (χ2n) is 6.87. The van der Waals surface area contributed by atoms with Crippen molar-refractivity contribution < 1.29 is 22.3 Å². The SMILES string of the molecule is CCOc1ccc(SCc2ccnc3oc(-c4ccc(C(F)(F)F)cc4)nc23)cc1C. The Balaban J connectivity index is 1.56. The van der Waals surface area contributed by atoms with E-state index < -0.39 is 11.7 Å². The molecule has 2 heterocycles. The van der Waals surface area contributed by atoms with Crippen molar-refractivity contribution in [2.45, 2.75) is 30.7 Å². The van der Waals surface area contributed by atoms with Gasteiger partial charge in [-0.25, -0.2) is 9.97 Å². The predicted molar refractivity (Wildman–Crippen MR) is 114 cm³/mol. The zero-order valence-corrected chi connectivity index (χ0v) is 17.7. The third kappa shape index (κ3) is 4.69. The van der Waals surface area contributed by atoms with Crippen LogP contribution in [-0.4, -0.2) is 16.6 Å². The van der Waals surface area contributed by atoms with Crippen LogP contribution in [0.1, 0.15) is 23.6 Å². The monoisotopic (exact) mass is 444 g/mol. The number of aromatic nitrogens is 2. The Morgan fingerprint density at radius 3 is 2.52 bits per heavy atom. The van der Waals surface area contributed by atoms with E-state index in [1.807, 2.05) is 32.0 Å². The number of hydrogen-bond donors (Lipinski definition) is 0. The fraction of sp³-hybridized carbons (Fsp3) is 0.217. The smallest absolute Gasteiger partial charge is 0.416 e. The van der Waals surface area contributed by atoms with Gasteiger partial charge in [0.25, 0.3) is 0 Å². The Kier molecular flexibility index (Phi) is 5.91. The summed E-state index contributed by atoms with van der Waals surface area (Å²) in [7, 11) is 0. The lowest BCUT2D eigenvalue weighted by atomic mass is 10.1. The number of fused-ring (bicyclic) bond motifs is 1. The molecule has 0 radical (unpaired) electrons. The van der Waals surface area contributed by atoms with Crippen molar-refractivity contribution in [3.8, 4) is 17.2 Å². The zero-order chi connectivity index (χ0) is 22.0. The standard InChI is InChI=1S/C23H19F3N2O2S/c1-3-29-19-9-8-18(12-14(19)2)31-13-16-10-11-27-22-20(16)28-21(30-22)15-4-6-17(7-5-15)23(24,25)26/h4-12H,3,13H2,1-2H3. The number of thioether (sulfide) groups is 1. The van der Waals surface area contributed by atoms with Crippen LogP contribution in [0.4, 0.5) is 13.2 Å². The van der Waals surface area contributed by atoms with Gasteiger partial charge in [0.15, 0.2) is 0 Å². The molecule has 0 spiro atoms. The van der Waals surface area contributed by atoms with Gasteiger partial charge in [-0.05, 0) is 73.5 Å². The average molecular weight is 444 g/mol. The Bertz CT molecular complexity index is 1200. The minimum absolute atomic E-state index is 0.241. The van der Waals surface area contributed by atoms with Gasteiger partial charge in [-0.3, -0.25) is 0 Å². The third-order valence-corrected chi connectivity index (χ3v) is 5.72. The van der Waals surface area contributed by atoms with Crippen molar-refractivity contribution in [3.63, 3.8) is 0 Å². The van der Waals surface area contributed by atoms with Crippen LogP contribution < -0.4 is 4.74 Å². The molecule has 0 saturated heterocycles. The molecule has 0 fully saturated rings. The Morgan fingerprint density at radius 1 is 1.06 bits per heavy atom. The molecule has 0 aliphatic carbocycles. The maximum absolute atomic E-state index is 12.8. The van der Waals surface area contributed by atoms with E-state index >= 15 is 0 Å². The van der Waals surface area contributed by atoms with Gasteiger partial charge >= 0.3 is 6.18 Å². The number of hydrogen-bond acceptors (Lipinski definition) is 5. The molecular weight excluding hydrogens is 425 g/mol. The summed E-state index contributed by atoms with van der Waals surface area (Å²) in [6.07, 6.45) is -2.74. The first-order chi connectivity index (χ1) is 14.8. The molecule has 8 heteroatoms. The number of nitrogens with zero attached hydrogens (tertiary/aromatic N) is 2. The summed E-state index contributed by atoms with van der Waals surface area (Å²) in [4.78, 5) is 9.81. The highest BCUT2D eigenvalue weighted by Crippen LogP contribution is 2.33. The molecule has 0 amide bonds. The lowest BCUT2D eigenvalue weighted by Gasteiger charge is -2.09. The summed E-state index contributed by atoms with van der Waals surface area (Å²) >= 11 is 1.65. The van der Waals surface area contributed by atoms with Crippen molar-refractivity contribution in [1.82, 2.24) is 9.97 Å². The molecular formula is C23H19F3N2O2S. The van der Waals surface area contributed by atoms with E-state index in [2.05, 4.69) is 16.0 Å². The predicted octanol–water partition coefficient (Wildman–Crippen LogP) is 6.91. The van der Waals surface area contributed by atoms with E-state index in [1.165, 1.54) is 12.1 Å². The summed E-state index contributed by atoms with van der Waals surface area (Å²) in [5, 5.41) is 0. The van der Waals surface area contributed by atoms with E-state index in [0.717, 1.165) is 33.9 Å². The molecule has 0 aliphatic rings. The van der Waals surface area contributed by atoms with Crippen molar-refractivity contribution >= 4 is 23.0 Å². The minimum atomic E-state index is -4.38. The number of ether oxygens (including phenoxy) is 1. The Labute approximate surface area is 181 Å². The molecule has 0 unspecified atom stereocenters. The fourth-order valence-electron chi connectivity index (χ4n) is 3.11. The number of benzene rings is 2. The van der Waals surface area contributed by atoms with Crippen LogP contribution in [0.2, 0.25) is 0 Å². The van der Waals surface area contributed by atoms with Gasteiger partial charge in [-0.2, -0.15) is 13.2 Å². The third-order valence-electron chi connectivity index (χ3n) is 4.68. The van der Waals surface area contributed by atoms with Crippen molar-refractivity contribution in [3.05, 3.63) is 71.4 Å². The minimum Gasteiger partial charge on any atom is -0.494 e. The van der Waals surface area contributed by atoms with E-state index in [1.54, 1.807) is 18.0 Å². The molecule has 160 valence electrons. The number of pyridine rings is 1. The number of oxazole rings is 1. The molecule has 0 N–H and O–H groups in total. The van der Waals surface area contributed by atoms with Gasteiger partial charge in [-0.1, -0.05) is 0 Å². The Hall–Kier alpha value is -3.00. The first kappa shape index (κ1) is 21.2. The summed E-state index contributed by atoms with van der Waals surface area (Å²) in [5.74, 6) is 1.76. The van der Waals surface area contributed by atoms with Gasteiger partial charge < -0.3 is 9.15 Å². The van der Waals surface area contributed by atoms with E-state index in [-0.39, 0.29) is 5.89 Å². The van der Waals surface area contributed by atoms with Crippen LogP contribution >= 0.6 is 11.8 Å². The van der Waals surface area contributed by atoms with Gasteiger partial charge in [0.1, 0.15) is 11.3 Å². The number of rotatable bonds is 6. The van der Waals surface area contributed by atoms with Crippen LogP contribution in [0, 0.1) is 6.92 Å². The fourth-order valence-corrected chi connectivity index (χ4v) is 4.09. The number of aryl methyl sites for hydroxylation is 1. The largest absolute Gasteiger partial charge is 0.494 e. The van der Waals surface area contributed by atoms with Crippen LogP contribution in [0.25, 0.3) is 22.7 Å². The van der Waals surface area contributed by atoms with Crippen LogP contribution in [-0.2, 0) is 11.9 Å². The molecule has 2 aromatic carbocycles. The highest BCUT2D eigenvalue weighted by molar-refractivity contribution is 7.98. The molecule has 0 saturated carbocycles. The second kappa shape index (κ2) is 8.63. The molecule has 31 heavy (non-hydrogen) atoms. The summed E-state index contributed by atoms with van der Waals surface area (Å²) in [6, 6.07) is 12.7. The molecule has 2 aromatic heterocycles. The highest BCUT2D eigenvalue weighted by Gasteiger charge is 2.30. The zero-order valence-electron chi connectivity index (χ0n) is 16.9. The van der Waals surface area contributed by atoms with Crippen LogP contribution in [0.5, 0.6) is 5.75 Å². The lowest BCUT2D eigenvalue weighted by Crippen LogP contribution is -2.03. The van der Waals surface area contributed by atoms with E-state index in [4.69, 9.17) is 9.15 Å².